The van der Waals surface area contributed by atoms with Crippen molar-refractivity contribution in [3.05, 3.63) is 78.5 Å². The van der Waals surface area contributed by atoms with Crippen LogP contribution in [0.25, 0.3) is 28.5 Å². The molecule has 0 aliphatic rings. The normalized spacial score (nSPS) is 10.8. The SMILES string of the molecule is CCOc1cccc(-c2nc3nc(NC(=O)Cc4ccccc4)cnc3n2-c2c(OC)cccc2OC)n1. The quantitative estimate of drug-likeness (QED) is 0.309. The van der Waals surface area contributed by atoms with Gasteiger partial charge in [-0.15, -0.1) is 0 Å². The van der Waals surface area contributed by atoms with Crippen molar-refractivity contribution in [3.63, 3.8) is 0 Å². The van der Waals surface area contributed by atoms with E-state index in [1.807, 2.05) is 67.6 Å². The smallest absolute Gasteiger partial charge is 0.229 e. The standard InChI is InChI=1S/C28H26N6O4/c1-4-38-24-15-8-12-19(30-24)27-33-26-28(34(27)25-20(36-2)13-9-14-21(25)37-3)29-17-22(32-26)31-23(35)16-18-10-6-5-7-11-18/h5-15,17H,4,16H2,1-3H3,(H,31,32,35). The molecule has 38 heavy (non-hydrogen) atoms. The molecule has 0 bridgehead atoms. The number of pyridine rings is 1. The number of hydrogen-bond donors (Lipinski definition) is 1. The molecular weight excluding hydrogens is 484 g/mol. The van der Waals surface area contributed by atoms with Crippen molar-refractivity contribution in [3.8, 4) is 34.6 Å². The number of hydrogen-bond acceptors (Lipinski definition) is 8. The molecule has 0 fully saturated rings. The number of amides is 1. The second-order valence-corrected chi connectivity index (χ2v) is 8.19. The van der Waals surface area contributed by atoms with Crippen molar-refractivity contribution < 1.29 is 19.0 Å². The van der Waals surface area contributed by atoms with Gasteiger partial charge in [0.2, 0.25) is 11.8 Å². The number of fused-ring (bicyclic) bond motifs is 1. The Hall–Kier alpha value is -4.99. The second kappa shape index (κ2) is 11.0. The maximum absolute atomic E-state index is 12.6. The number of para-hydroxylation sites is 1. The molecule has 3 aromatic heterocycles. The summed E-state index contributed by atoms with van der Waals surface area (Å²) in [7, 11) is 3.16. The lowest BCUT2D eigenvalue weighted by molar-refractivity contribution is -0.115. The highest BCUT2D eigenvalue weighted by Crippen LogP contribution is 2.37. The van der Waals surface area contributed by atoms with Crippen molar-refractivity contribution in [2.24, 2.45) is 0 Å². The minimum atomic E-state index is -0.206. The molecule has 0 saturated carbocycles. The number of rotatable bonds is 9. The Kier molecular flexibility index (Phi) is 7.12. The number of aromatic nitrogens is 5. The molecule has 5 rings (SSSR count). The molecule has 1 N–H and O–H groups in total. The number of carbonyl (C=O) groups is 1. The first-order chi connectivity index (χ1) is 18.6. The molecule has 0 unspecified atom stereocenters. The number of carbonyl (C=O) groups excluding carboxylic acids is 1. The van der Waals surface area contributed by atoms with Gasteiger partial charge in [-0.1, -0.05) is 42.5 Å². The third-order valence-corrected chi connectivity index (χ3v) is 5.72. The van der Waals surface area contributed by atoms with Gasteiger partial charge in [-0.05, 0) is 30.7 Å². The molecule has 10 nitrogen and oxygen atoms in total. The van der Waals surface area contributed by atoms with Crippen LogP contribution in [-0.2, 0) is 11.2 Å². The van der Waals surface area contributed by atoms with E-state index in [9.17, 15) is 4.79 Å². The molecule has 5 aromatic rings. The Morgan fingerprint density at radius 3 is 2.34 bits per heavy atom. The Morgan fingerprint density at radius 1 is 0.895 bits per heavy atom. The average molecular weight is 511 g/mol. The Balaban J connectivity index is 1.63. The Morgan fingerprint density at radius 2 is 1.63 bits per heavy atom. The molecule has 0 spiro atoms. The minimum Gasteiger partial charge on any atom is -0.494 e. The molecule has 10 heteroatoms. The van der Waals surface area contributed by atoms with Crippen LogP contribution < -0.4 is 19.5 Å². The lowest BCUT2D eigenvalue weighted by atomic mass is 10.1. The van der Waals surface area contributed by atoms with Crippen molar-refractivity contribution in [1.82, 2.24) is 24.5 Å². The second-order valence-electron chi connectivity index (χ2n) is 8.19. The van der Waals surface area contributed by atoms with Crippen LogP contribution in [0.3, 0.4) is 0 Å². The van der Waals surface area contributed by atoms with Crippen molar-refractivity contribution in [1.29, 1.82) is 0 Å². The molecule has 192 valence electrons. The van der Waals surface area contributed by atoms with Crippen LogP contribution in [0.2, 0.25) is 0 Å². The first-order valence-electron chi connectivity index (χ1n) is 12.0. The summed E-state index contributed by atoms with van der Waals surface area (Å²) in [6.45, 7) is 2.37. The lowest BCUT2D eigenvalue weighted by Gasteiger charge is -2.16. The predicted octanol–water partition coefficient (Wildman–Crippen LogP) is 4.47. The van der Waals surface area contributed by atoms with Crippen LogP contribution in [0.15, 0.2) is 72.9 Å². The zero-order chi connectivity index (χ0) is 26.5. The van der Waals surface area contributed by atoms with Gasteiger partial charge in [0.1, 0.15) is 22.9 Å². The summed E-state index contributed by atoms with van der Waals surface area (Å²) in [5, 5.41) is 2.81. The molecule has 0 aliphatic carbocycles. The van der Waals surface area contributed by atoms with Crippen LogP contribution in [-0.4, -0.2) is 51.2 Å². The number of nitrogens with one attached hydrogen (secondary N) is 1. The van der Waals surface area contributed by atoms with E-state index in [0.717, 1.165) is 5.56 Å². The molecule has 0 aliphatic heterocycles. The van der Waals surface area contributed by atoms with E-state index in [0.29, 0.717) is 52.5 Å². The average Bonchev–Trinajstić information content (AvgIpc) is 3.31. The maximum atomic E-state index is 12.6. The van der Waals surface area contributed by atoms with Gasteiger partial charge < -0.3 is 19.5 Å². The number of methoxy groups -OCH3 is 2. The van der Waals surface area contributed by atoms with Gasteiger partial charge in [-0.3, -0.25) is 9.36 Å². The van der Waals surface area contributed by atoms with Gasteiger partial charge in [0.05, 0.1) is 33.4 Å². The van der Waals surface area contributed by atoms with Gasteiger partial charge in [-0.2, -0.15) is 0 Å². The van der Waals surface area contributed by atoms with Gasteiger partial charge in [-0.25, -0.2) is 19.9 Å². The summed E-state index contributed by atoms with van der Waals surface area (Å²) < 4.78 is 18.7. The van der Waals surface area contributed by atoms with Crippen LogP contribution in [0, 0.1) is 0 Å². The minimum absolute atomic E-state index is 0.206. The van der Waals surface area contributed by atoms with E-state index in [1.54, 1.807) is 24.9 Å². The van der Waals surface area contributed by atoms with Gasteiger partial charge >= 0.3 is 0 Å². The van der Waals surface area contributed by atoms with E-state index < -0.39 is 0 Å². The first-order valence-corrected chi connectivity index (χ1v) is 12.0. The third kappa shape index (κ3) is 4.96. The number of ether oxygens (including phenoxy) is 3. The molecule has 0 radical (unpaired) electrons. The summed E-state index contributed by atoms with van der Waals surface area (Å²) in [5.41, 5.74) is 2.78. The molecule has 0 atom stereocenters. The summed E-state index contributed by atoms with van der Waals surface area (Å²) in [4.78, 5) is 31.3. The van der Waals surface area contributed by atoms with Crippen molar-refractivity contribution in [2.75, 3.05) is 26.1 Å². The molecular formula is C28H26N6O4. The fourth-order valence-electron chi connectivity index (χ4n) is 4.09. The zero-order valence-electron chi connectivity index (χ0n) is 21.2. The highest BCUT2D eigenvalue weighted by molar-refractivity contribution is 5.92. The van der Waals surface area contributed by atoms with Gasteiger partial charge in [0.25, 0.3) is 0 Å². The van der Waals surface area contributed by atoms with Crippen molar-refractivity contribution in [2.45, 2.75) is 13.3 Å². The molecule has 1 amide bonds. The fraction of sp³-hybridized carbons (Fsp3) is 0.179. The number of nitrogens with zero attached hydrogens (tertiary/aromatic N) is 5. The zero-order valence-corrected chi connectivity index (χ0v) is 21.2. The number of imidazole rings is 1. The topological polar surface area (TPSA) is 113 Å². The highest BCUT2D eigenvalue weighted by Gasteiger charge is 2.24. The van der Waals surface area contributed by atoms with Crippen LogP contribution in [0.1, 0.15) is 12.5 Å². The van der Waals surface area contributed by atoms with Crippen LogP contribution >= 0.6 is 0 Å². The largest absolute Gasteiger partial charge is 0.494 e. The highest BCUT2D eigenvalue weighted by atomic mass is 16.5. The van der Waals surface area contributed by atoms with Crippen molar-refractivity contribution >= 4 is 23.0 Å². The molecule has 3 heterocycles. The summed E-state index contributed by atoms with van der Waals surface area (Å²) in [6, 6.07) is 20.4. The van der Waals surface area contributed by atoms with Gasteiger partial charge in [0.15, 0.2) is 22.9 Å². The van der Waals surface area contributed by atoms with Crippen LogP contribution in [0.4, 0.5) is 5.82 Å². The Bertz CT molecular complexity index is 1560. The fourth-order valence-corrected chi connectivity index (χ4v) is 4.09. The summed E-state index contributed by atoms with van der Waals surface area (Å²) in [6.07, 6.45) is 1.71. The van der Waals surface area contributed by atoms with E-state index >= 15 is 0 Å². The first kappa shape index (κ1) is 24.7. The van der Waals surface area contributed by atoms with Gasteiger partial charge in [0, 0.05) is 6.07 Å². The Labute approximate surface area is 219 Å². The number of benzene rings is 2. The maximum Gasteiger partial charge on any atom is 0.229 e. The monoisotopic (exact) mass is 510 g/mol. The third-order valence-electron chi connectivity index (χ3n) is 5.72. The van der Waals surface area contributed by atoms with Crippen LogP contribution in [0.5, 0.6) is 17.4 Å². The van der Waals surface area contributed by atoms with E-state index in [2.05, 4.69) is 20.3 Å². The predicted molar refractivity (Wildman–Crippen MR) is 143 cm³/mol. The van der Waals surface area contributed by atoms with E-state index in [-0.39, 0.29) is 18.1 Å². The lowest BCUT2D eigenvalue weighted by Crippen LogP contribution is -2.15. The number of anilines is 1. The summed E-state index contributed by atoms with van der Waals surface area (Å²) >= 11 is 0. The summed E-state index contributed by atoms with van der Waals surface area (Å²) in [5.74, 6) is 2.10. The van der Waals surface area contributed by atoms with E-state index in [4.69, 9.17) is 19.2 Å². The van der Waals surface area contributed by atoms with E-state index in [1.165, 1.54) is 6.20 Å². The molecule has 0 saturated heterocycles. The molecule has 2 aromatic carbocycles.